The van der Waals surface area contributed by atoms with E-state index >= 15 is 0 Å². The van der Waals surface area contributed by atoms with Crippen LogP contribution >= 0.6 is 0 Å². The van der Waals surface area contributed by atoms with Crippen LogP contribution in [0.1, 0.15) is 40.4 Å². The minimum atomic E-state index is -4.61. The van der Waals surface area contributed by atoms with Gasteiger partial charge in [0.05, 0.1) is 11.1 Å². The molecule has 1 amide bonds. The van der Waals surface area contributed by atoms with E-state index in [9.17, 15) is 18.0 Å². The standard InChI is InChI=1S/C26H22F3NO2/c1-25(15-13-18-7-3-2-4-8-18)16-14-19-17-20(11-12-23(19)32-25)30-24(31)21-9-5-6-10-22(21)26(27,28)29/h2-12,14,16-17H,13,15H2,1H3,(H,30,31). The molecule has 1 heterocycles. The number of anilines is 1. The minimum Gasteiger partial charge on any atom is -0.483 e. The first kappa shape index (κ1) is 21.7. The third-order valence-corrected chi connectivity index (χ3v) is 5.46. The average molecular weight is 437 g/mol. The Morgan fingerprint density at radius 2 is 1.72 bits per heavy atom. The summed E-state index contributed by atoms with van der Waals surface area (Å²) < 4.78 is 45.8. The van der Waals surface area contributed by atoms with Crippen molar-refractivity contribution in [3.63, 3.8) is 0 Å². The predicted molar refractivity (Wildman–Crippen MR) is 119 cm³/mol. The largest absolute Gasteiger partial charge is 0.483 e. The number of ether oxygens (including phenoxy) is 1. The maximum absolute atomic E-state index is 13.2. The molecular formula is C26H22F3NO2. The van der Waals surface area contributed by atoms with Crippen molar-refractivity contribution in [3.05, 3.63) is 101 Å². The lowest BCUT2D eigenvalue weighted by atomic mass is 9.93. The van der Waals surface area contributed by atoms with Crippen LogP contribution < -0.4 is 10.1 Å². The van der Waals surface area contributed by atoms with Gasteiger partial charge in [0.1, 0.15) is 11.4 Å². The molecule has 3 aromatic carbocycles. The molecule has 0 saturated carbocycles. The zero-order valence-electron chi connectivity index (χ0n) is 17.4. The predicted octanol–water partition coefficient (Wildman–Crippen LogP) is 6.75. The molecule has 3 aromatic rings. The molecule has 1 N–H and O–H groups in total. The summed E-state index contributed by atoms with van der Waals surface area (Å²) in [6.07, 6.45) is 0.944. The van der Waals surface area contributed by atoms with Gasteiger partial charge in [-0.3, -0.25) is 4.79 Å². The van der Waals surface area contributed by atoms with E-state index in [0.29, 0.717) is 11.4 Å². The van der Waals surface area contributed by atoms with E-state index in [2.05, 4.69) is 17.4 Å². The number of hydrogen-bond donors (Lipinski definition) is 1. The van der Waals surface area contributed by atoms with E-state index in [-0.39, 0.29) is 0 Å². The third kappa shape index (κ3) is 4.85. The number of alkyl halides is 3. The second-order valence-electron chi connectivity index (χ2n) is 7.98. The smallest absolute Gasteiger partial charge is 0.417 e. The van der Waals surface area contributed by atoms with E-state index < -0.39 is 28.8 Å². The van der Waals surface area contributed by atoms with E-state index in [1.54, 1.807) is 18.2 Å². The normalized spacial score (nSPS) is 17.4. The van der Waals surface area contributed by atoms with Gasteiger partial charge in [0, 0.05) is 11.3 Å². The van der Waals surface area contributed by atoms with Gasteiger partial charge in [-0.05, 0) is 61.7 Å². The first-order valence-corrected chi connectivity index (χ1v) is 10.3. The molecule has 0 aliphatic carbocycles. The Labute approximate surface area is 184 Å². The number of carbonyl (C=O) groups is 1. The van der Waals surface area contributed by atoms with Crippen LogP contribution in [0.3, 0.4) is 0 Å². The Morgan fingerprint density at radius 1 is 1.00 bits per heavy atom. The van der Waals surface area contributed by atoms with Gasteiger partial charge in [-0.25, -0.2) is 0 Å². The van der Waals surface area contributed by atoms with Crippen LogP contribution in [0.4, 0.5) is 18.9 Å². The van der Waals surface area contributed by atoms with Crippen molar-refractivity contribution in [2.45, 2.75) is 31.5 Å². The lowest BCUT2D eigenvalue weighted by Gasteiger charge is -2.32. The molecule has 0 radical (unpaired) electrons. The number of hydrogen-bond acceptors (Lipinski definition) is 2. The van der Waals surface area contributed by atoms with Crippen LogP contribution in [-0.2, 0) is 12.6 Å². The highest BCUT2D eigenvalue weighted by Crippen LogP contribution is 2.36. The summed E-state index contributed by atoms with van der Waals surface area (Å²) in [5.41, 5.74) is 0.523. The fourth-order valence-corrected chi connectivity index (χ4v) is 3.70. The van der Waals surface area contributed by atoms with Crippen molar-refractivity contribution in [2.24, 2.45) is 0 Å². The number of fused-ring (bicyclic) bond motifs is 1. The number of benzene rings is 3. The highest BCUT2D eigenvalue weighted by atomic mass is 19.4. The van der Waals surface area contributed by atoms with Crippen molar-refractivity contribution in [2.75, 3.05) is 5.32 Å². The van der Waals surface area contributed by atoms with Crippen molar-refractivity contribution >= 4 is 17.7 Å². The van der Waals surface area contributed by atoms with E-state index in [4.69, 9.17) is 4.74 Å². The first-order chi connectivity index (χ1) is 15.2. The van der Waals surface area contributed by atoms with E-state index in [1.165, 1.54) is 17.7 Å². The average Bonchev–Trinajstić information content (AvgIpc) is 2.78. The van der Waals surface area contributed by atoms with Crippen LogP contribution in [0.15, 0.2) is 78.9 Å². The molecule has 3 nitrogen and oxygen atoms in total. The Balaban J connectivity index is 1.47. The molecule has 32 heavy (non-hydrogen) atoms. The highest BCUT2D eigenvalue weighted by molar-refractivity contribution is 6.05. The zero-order valence-corrected chi connectivity index (χ0v) is 17.4. The van der Waals surface area contributed by atoms with Crippen LogP contribution in [0.25, 0.3) is 6.08 Å². The zero-order chi connectivity index (χ0) is 22.8. The second kappa shape index (κ2) is 8.54. The molecule has 0 saturated heterocycles. The quantitative estimate of drug-likeness (QED) is 0.479. The van der Waals surface area contributed by atoms with Crippen LogP contribution in [0.2, 0.25) is 0 Å². The van der Waals surface area contributed by atoms with E-state index in [0.717, 1.165) is 30.5 Å². The molecule has 1 unspecified atom stereocenters. The van der Waals surface area contributed by atoms with Crippen molar-refractivity contribution in [1.82, 2.24) is 0 Å². The summed E-state index contributed by atoms with van der Waals surface area (Å²) in [5.74, 6) is -0.150. The van der Waals surface area contributed by atoms with Crippen molar-refractivity contribution < 1.29 is 22.7 Å². The van der Waals surface area contributed by atoms with Gasteiger partial charge in [-0.1, -0.05) is 48.5 Å². The molecule has 6 heteroatoms. The number of halogens is 3. The molecule has 1 aliphatic rings. The minimum absolute atomic E-state index is 0.395. The van der Waals surface area contributed by atoms with Gasteiger partial charge >= 0.3 is 6.18 Å². The van der Waals surface area contributed by atoms with Crippen LogP contribution in [0, 0.1) is 0 Å². The van der Waals surface area contributed by atoms with Gasteiger partial charge in [0.25, 0.3) is 5.91 Å². The summed E-state index contributed by atoms with van der Waals surface area (Å²) in [5, 5.41) is 2.56. The number of aryl methyl sites for hydroxylation is 1. The summed E-state index contributed by atoms with van der Waals surface area (Å²) in [4.78, 5) is 12.5. The molecule has 1 aliphatic heterocycles. The molecule has 0 aromatic heterocycles. The molecule has 0 bridgehead atoms. The summed E-state index contributed by atoms with van der Waals surface area (Å²) in [6, 6.07) is 19.9. The number of nitrogens with one attached hydrogen (secondary N) is 1. The number of rotatable bonds is 5. The lowest BCUT2D eigenvalue weighted by molar-refractivity contribution is -0.137. The first-order valence-electron chi connectivity index (χ1n) is 10.3. The van der Waals surface area contributed by atoms with Gasteiger partial charge < -0.3 is 10.1 Å². The molecular weight excluding hydrogens is 415 g/mol. The third-order valence-electron chi connectivity index (χ3n) is 5.46. The summed E-state index contributed by atoms with van der Waals surface area (Å²) in [7, 11) is 0. The summed E-state index contributed by atoms with van der Waals surface area (Å²) >= 11 is 0. The maximum Gasteiger partial charge on any atom is 0.417 e. The van der Waals surface area contributed by atoms with Crippen LogP contribution in [-0.4, -0.2) is 11.5 Å². The fourth-order valence-electron chi connectivity index (χ4n) is 3.70. The van der Waals surface area contributed by atoms with Gasteiger partial charge in [0.2, 0.25) is 0 Å². The Morgan fingerprint density at radius 3 is 2.47 bits per heavy atom. The Kier molecular flexibility index (Phi) is 5.78. The second-order valence-corrected chi connectivity index (χ2v) is 7.98. The molecule has 0 spiro atoms. The summed E-state index contributed by atoms with van der Waals surface area (Å²) in [6.45, 7) is 2.01. The highest BCUT2D eigenvalue weighted by Gasteiger charge is 2.35. The van der Waals surface area contributed by atoms with Gasteiger partial charge in [0.15, 0.2) is 0 Å². The SMILES string of the molecule is CC1(CCc2ccccc2)C=Cc2cc(NC(=O)c3ccccc3C(F)(F)F)ccc2O1. The van der Waals surface area contributed by atoms with Gasteiger partial charge in [-0.2, -0.15) is 13.2 Å². The maximum atomic E-state index is 13.2. The molecule has 0 fully saturated rings. The van der Waals surface area contributed by atoms with Crippen molar-refractivity contribution in [1.29, 1.82) is 0 Å². The Hall–Kier alpha value is -3.54. The molecule has 164 valence electrons. The van der Waals surface area contributed by atoms with Gasteiger partial charge in [-0.15, -0.1) is 0 Å². The topological polar surface area (TPSA) is 38.3 Å². The molecule has 4 rings (SSSR count). The lowest BCUT2D eigenvalue weighted by Crippen LogP contribution is -2.32. The molecule has 1 atom stereocenters. The Bertz CT molecular complexity index is 1160. The number of carbonyl (C=O) groups excluding carboxylic acids is 1. The van der Waals surface area contributed by atoms with Crippen LogP contribution in [0.5, 0.6) is 5.75 Å². The van der Waals surface area contributed by atoms with Crippen molar-refractivity contribution in [3.8, 4) is 5.75 Å². The number of amides is 1. The fraction of sp³-hybridized carbons (Fsp3) is 0.192. The van der Waals surface area contributed by atoms with E-state index in [1.807, 2.05) is 37.3 Å². The monoisotopic (exact) mass is 437 g/mol.